The predicted molar refractivity (Wildman–Crippen MR) is 84.4 cm³/mol. The monoisotopic (exact) mass is 303 g/mol. The van der Waals surface area contributed by atoms with E-state index in [0.717, 1.165) is 0 Å². The number of aromatic amines is 1. The number of ether oxygens (including phenoxy) is 1. The van der Waals surface area contributed by atoms with Gasteiger partial charge in [-0.3, -0.25) is 14.3 Å². The number of aliphatic hydroxyl groups excluding tert-OH is 1. The fourth-order valence-corrected chi connectivity index (χ4v) is 1.68. The molecule has 21 heavy (non-hydrogen) atoms. The maximum atomic E-state index is 11.4. The Balaban J connectivity index is 0. The summed E-state index contributed by atoms with van der Waals surface area (Å²) in [5.41, 5.74) is 3.60. The molecular formula is C14H29N3O4. The summed E-state index contributed by atoms with van der Waals surface area (Å²) in [5.74, 6) is 0. The summed E-state index contributed by atoms with van der Waals surface area (Å²) >= 11 is 0. The second kappa shape index (κ2) is 13.5. The van der Waals surface area contributed by atoms with E-state index >= 15 is 0 Å². The summed E-state index contributed by atoms with van der Waals surface area (Å²) in [4.78, 5) is 24.4. The van der Waals surface area contributed by atoms with Gasteiger partial charge in [0.1, 0.15) is 6.23 Å². The number of aromatic nitrogens is 2. The minimum atomic E-state index is -0.480. The van der Waals surface area contributed by atoms with Crippen LogP contribution in [-0.4, -0.2) is 34.4 Å². The van der Waals surface area contributed by atoms with Crippen molar-refractivity contribution in [2.75, 3.05) is 13.7 Å². The van der Waals surface area contributed by atoms with Gasteiger partial charge in [0.05, 0.1) is 12.7 Å². The second-order valence-electron chi connectivity index (χ2n) is 3.49. The Kier molecular flexibility index (Phi) is 14.1. The molecule has 0 spiro atoms. The first-order chi connectivity index (χ1) is 10.2. The smallest absolute Gasteiger partial charge is 0.330 e. The van der Waals surface area contributed by atoms with Crippen LogP contribution in [0.1, 0.15) is 46.8 Å². The molecule has 0 radical (unpaired) electrons. The van der Waals surface area contributed by atoms with Crippen molar-refractivity contribution in [3.8, 4) is 0 Å². The minimum absolute atomic E-state index is 0.0470. The van der Waals surface area contributed by atoms with Gasteiger partial charge < -0.3 is 15.6 Å². The first kappa shape index (κ1) is 21.9. The topological polar surface area (TPSA) is 110 Å². The van der Waals surface area contributed by atoms with E-state index in [1.54, 1.807) is 0 Å². The number of H-pyrrole nitrogens is 1. The van der Waals surface area contributed by atoms with Gasteiger partial charge in [-0.05, 0) is 19.9 Å². The Hall–Kier alpha value is -1.44. The van der Waals surface area contributed by atoms with Gasteiger partial charge in [-0.2, -0.15) is 0 Å². The van der Waals surface area contributed by atoms with Crippen molar-refractivity contribution in [1.29, 1.82) is 0 Å². The van der Waals surface area contributed by atoms with Crippen LogP contribution < -0.4 is 17.0 Å². The van der Waals surface area contributed by atoms with Crippen LogP contribution in [0.3, 0.4) is 0 Å². The molecule has 0 amide bonds. The van der Waals surface area contributed by atoms with Crippen molar-refractivity contribution in [2.45, 2.75) is 52.9 Å². The highest BCUT2D eigenvalue weighted by molar-refractivity contribution is 4.85. The normalized spacial score (nSPS) is 19.2. The SMILES string of the molecule is CC.CC.CN.O=c1ccn(C2CCC(CO)O2)c(=O)[nH]1. The molecule has 1 saturated heterocycles. The Morgan fingerprint density at radius 2 is 1.86 bits per heavy atom. The lowest BCUT2D eigenvalue weighted by molar-refractivity contribution is -0.0246. The molecule has 2 unspecified atom stereocenters. The van der Waals surface area contributed by atoms with Gasteiger partial charge in [0, 0.05) is 12.3 Å². The Morgan fingerprint density at radius 3 is 2.29 bits per heavy atom. The average Bonchev–Trinajstić information content (AvgIpc) is 3.02. The van der Waals surface area contributed by atoms with Crippen molar-refractivity contribution in [1.82, 2.24) is 9.55 Å². The Morgan fingerprint density at radius 1 is 1.29 bits per heavy atom. The summed E-state index contributed by atoms with van der Waals surface area (Å²) in [6.07, 6.45) is 2.19. The standard InChI is InChI=1S/C9H12N2O4.2C2H6.CH5N/c12-5-6-1-2-8(15-6)11-4-3-7(13)10-9(11)14;3*1-2/h3-4,6,8,12H,1-2,5H2,(H,10,13,14);2*1-2H3;2H2,1H3. The van der Waals surface area contributed by atoms with Crippen molar-refractivity contribution >= 4 is 0 Å². The van der Waals surface area contributed by atoms with Crippen molar-refractivity contribution < 1.29 is 9.84 Å². The molecule has 1 aliphatic rings. The molecule has 4 N–H and O–H groups in total. The number of nitrogens with one attached hydrogen (secondary N) is 1. The Labute approximate surface area is 125 Å². The summed E-state index contributed by atoms with van der Waals surface area (Å²) in [6, 6.07) is 1.27. The van der Waals surface area contributed by atoms with E-state index in [4.69, 9.17) is 9.84 Å². The molecule has 0 aliphatic carbocycles. The largest absolute Gasteiger partial charge is 0.394 e. The van der Waals surface area contributed by atoms with E-state index in [0.29, 0.717) is 12.8 Å². The number of hydrogen-bond donors (Lipinski definition) is 3. The fraction of sp³-hybridized carbons (Fsp3) is 0.714. The molecular weight excluding hydrogens is 274 g/mol. The van der Waals surface area contributed by atoms with E-state index in [1.165, 1.54) is 23.9 Å². The van der Waals surface area contributed by atoms with Gasteiger partial charge in [0.15, 0.2) is 0 Å². The van der Waals surface area contributed by atoms with Gasteiger partial charge in [-0.1, -0.05) is 27.7 Å². The quantitative estimate of drug-likeness (QED) is 0.749. The minimum Gasteiger partial charge on any atom is -0.394 e. The third-order valence-corrected chi connectivity index (χ3v) is 2.45. The van der Waals surface area contributed by atoms with Gasteiger partial charge in [-0.25, -0.2) is 4.79 Å². The van der Waals surface area contributed by atoms with Gasteiger partial charge in [0.25, 0.3) is 5.56 Å². The molecule has 0 saturated carbocycles. The maximum absolute atomic E-state index is 11.4. The summed E-state index contributed by atoms with van der Waals surface area (Å²) in [6.45, 7) is 7.95. The zero-order chi connectivity index (χ0) is 16.8. The lowest BCUT2D eigenvalue weighted by Crippen LogP contribution is -2.31. The molecule has 0 bridgehead atoms. The molecule has 1 aliphatic heterocycles. The first-order valence-electron chi connectivity index (χ1n) is 7.36. The maximum Gasteiger partial charge on any atom is 0.330 e. The number of aliphatic hydroxyl groups is 1. The van der Waals surface area contributed by atoms with Crippen LogP contribution in [0.25, 0.3) is 0 Å². The van der Waals surface area contributed by atoms with Crippen LogP contribution in [-0.2, 0) is 4.74 Å². The highest BCUT2D eigenvalue weighted by atomic mass is 16.5. The van der Waals surface area contributed by atoms with Crippen LogP contribution in [0, 0.1) is 0 Å². The summed E-state index contributed by atoms with van der Waals surface area (Å²) < 4.78 is 6.74. The molecule has 1 fully saturated rings. The van der Waals surface area contributed by atoms with Gasteiger partial charge in [0.2, 0.25) is 0 Å². The van der Waals surface area contributed by atoms with E-state index in [9.17, 15) is 9.59 Å². The van der Waals surface area contributed by atoms with Crippen LogP contribution in [0.15, 0.2) is 21.9 Å². The van der Waals surface area contributed by atoms with Gasteiger partial charge in [-0.15, -0.1) is 0 Å². The van der Waals surface area contributed by atoms with Crippen LogP contribution >= 0.6 is 0 Å². The first-order valence-corrected chi connectivity index (χ1v) is 7.36. The fourth-order valence-electron chi connectivity index (χ4n) is 1.68. The summed E-state index contributed by atoms with van der Waals surface area (Å²) in [5, 5.41) is 8.87. The predicted octanol–water partition coefficient (Wildman–Crippen LogP) is 0.834. The molecule has 1 aromatic heterocycles. The van der Waals surface area contributed by atoms with Crippen molar-refractivity contribution in [3.05, 3.63) is 33.1 Å². The van der Waals surface area contributed by atoms with Crippen LogP contribution in [0.2, 0.25) is 0 Å². The zero-order valence-corrected chi connectivity index (χ0v) is 13.6. The molecule has 7 heteroatoms. The number of nitrogens with zero attached hydrogens (tertiary/aromatic N) is 1. The van der Waals surface area contributed by atoms with E-state index < -0.39 is 11.2 Å². The lowest BCUT2D eigenvalue weighted by Gasteiger charge is -2.13. The third-order valence-electron chi connectivity index (χ3n) is 2.45. The molecule has 124 valence electrons. The molecule has 0 aromatic carbocycles. The van der Waals surface area contributed by atoms with Crippen molar-refractivity contribution in [2.24, 2.45) is 5.73 Å². The molecule has 1 aromatic rings. The number of nitrogens with two attached hydrogens (primary N) is 1. The molecule has 2 heterocycles. The summed E-state index contributed by atoms with van der Waals surface area (Å²) in [7, 11) is 1.50. The van der Waals surface area contributed by atoms with E-state index in [-0.39, 0.29) is 18.9 Å². The lowest BCUT2D eigenvalue weighted by atomic mass is 10.2. The van der Waals surface area contributed by atoms with Crippen LogP contribution in [0.4, 0.5) is 0 Å². The zero-order valence-electron chi connectivity index (χ0n) is 13.6. The van der Waals surface area contributed by atoms with E-state index in [1.807, 2.05) is 27.7 Å². The second-order valence-corrected chi connectivity index (χ2v) is 3.49. The van der Waals surface area contributed by atoms with E-state index in [2.05, 4.69) is 10.7 Å². The van der Waals surface area contributed by atoms with Gasteiger partial charge >= 0.3 is 5.69 Å². The average molecular weight is 303 g/mol. The molecule has 2 rings (SSSR count). The van der Waals surface area contributed by atoms with Crippen molar-refractivity contribution in [3.63, 3.8) is 0 Å². The van der Waals surface area contributed by atoms with Crippen LogP contribution in [0.5, 0.6) is 0 Å². The Bertz CT molecular complexity index is 456. The molecule has 7 nitrogen and oxygen atoms in total. The number of hydrogen-bond acceptors (Lipinski definition) is 5. The number of rotatable bonds is 2. The highest BCUT2D eigenvalue weighted by Gasteiger charge is 2.26. The third kappa shape index (κ3) is 7.22. The highest BCUT2D eigenvalue weighted by Crippen LogP contribution is 2.26. The molecule has 2 atom stereocenters.